The quantitative estimate of drug-likeness (QED) is 0.444. The van der Waals surface area contributed by atoms with Gasteiger partial charge in [0.05, 0.1) is 12.1 Å². The number of benzene rings is 3. The van der Waals surface area contributed by atoms with Gasteiger partial charge in [-0.25, -0.2) is 4.68 Å². The molecule has 0 bridgehead atoms. The summed E-state index contributed by atoms with van der Waals surface area (Å²) in [5.41, 5.74) is 4.08. The molecule has 0 unspecified atom stereocenters. The number of hydrogen-bond acceptors (Lipinski definition) is 4. The van der Waals surface area contributed by atoms with E-state index in [-0.39, 0.29) is 0 Å². The number of hydrogen-bond donors (Lipinski definition) is 0. The van der Waals surface area contributed by atoms with Crippen LogP contribution < -0.4 is 9.64 Å². The maximum atomic E-state index is 5.83. The Morgan fingerprint density at radius 2 is 1.54 bits per heavy atom. The Kier molecular flexibility index (Phi) is 5.24. The maximum absolute atomic E-state index is 5.83. The number of para-hydroxylation sites is 2. The summed E-state index contributed by atoms with van der Waals surface area (Å²) in [6.07, 6.45) is 0. The maximum Gasteiger partial charge on any atom is 0.119 e. The Morgan fingerprint density at radius 3 is 2.29 bits per heavy atom. The van der Waals surface area contributed by atoms with Gasteiger partial charge in [-0.1, -0.05) is 49.4 Å². The first kappa shape index (κ1) is 18.0. The predicted molar refractivity (Wildman–Crippen MR) is 113 cm³/mol. The van der Waals surface area contributed by atoms with Gasteiger partial charge in [-0.2, -0.15) is 0 Å². The summed E-state index contributed by atoms with van der Waals surface area (Å²) in [5, 5.41) is 8.63. The second-order valence-corrected chi connectivity index (χ2v) is 7.18. The number of aromatic nitrogens is 3. The van der Waals surface area contributed by atoms with Crippen LogP contribution in [0.15, 0.2) is 78.9 Å². The fourth-order valence-corrected chi connectivity index (χ4v) is 3.06. The van der Waals surface area contributed by atoms with Crippen molar-refractivity contribution in [3.63, 3.8) is 0 Å². The molecule has 28 heavy (non-hydrogen) atoms. The van der Waals surface area contributed by atoms with E-state index in [1.54, 1.807) is 0 Å². The molecule has 0 saturated carbocycles. The molecule has 0 atom stereocenters. The van der Waals surface area contributed by atoms with Crippen LogP contribution in [0.25, 0.3) is 11.0 Å². The van der Waals surface area contributed by atoms with Gasteiger partial charge in [0.15, 0.2) is 0 Å². The van der Waals surface area contributed by atoms with Gasteiger partial charge in [0.1, 0.15) is 17.9 Å². The minimum Gasteiger partial charge on any atom is -0.493 e. The van der Waals surface area contributed by atoms with E-state index in [0.29, 0.717) is 19.2 Å². The van der Waals surface area contributed by atoms with Crippen LogP contribution in [0.5, 0.6) is 5.75 Å². The molecule has 0 fully saturated rings. The highest BCUT2D eigenvalue weighted by Gasteiger charge is 2.13. The summed E-state index contributed by atoms with van der Waals surface area (Å²) in [5.74, 6) is 1.39. The standard InChI is InChI=1S/C23H24N4O/c1-18(2)16-28-21-14-12-20(13-15-21)26(19-8-4-3-5-9-19)17-27-23-11-7-6-10-22(23)24-25-27/h3-15,18H,16-17H2,1-2H3. The molecule has 4 aromatic rings. The van der Waals surface area contributed by atoms with Crippen LogP contribution in [0.3, 0.4) is 0 Å². The molecule has 0 radical (unpaired) electrons. The van der Waals surface area contributed by atoms with Crippen molar-refractivity contribution in [1.29, 1.82) is 0 Å². The van der Waals surface area contributed by atoms with Crippen LogP contribution in [-0.2, 0) is 6.67 Å². The first-order valence-corrected chi connectivity index (χ1v) is 9.54. The van der Waals surface area contributed by atoms with E-state index < -0.39 is 0 Å². The van der Waals surface area contributed by atoms with Gasteiger partial charge in [-0.3, -0.25) is 0 Å². The third-order valence-corrected chi connectivity index (χ3v) is 4.50. The van der Waals surface area contributed by atoms with Crippen molar-refractivity contribution in [2.45, 2.75) is 20.5 Å². The van der Waals surface area contributed by atoms with E-state index in [4.69, 9.17) is 4.74 Å². The molecule has 1 heterocycles. The van der Waals surface area contributed by atoms with E-state index in [2.05, 4.69) is 53.3 Å². The third kappa shape index (κ3) is 3.98. The van der Waals surface area contributed by atoms with Gasteiger partial charge in [0.25, 0.3) is 0 Å². The van der Waals surface area contributed by atoms with Crippen LogP contribution >= 0.6 is 0 Å². The second-order valence-electron chi connectivity index (χ2n) is 7.18. The van der Waals surface area contributed by atoms with Crippen molar-refractivity contribution in [2.75, 3.05) is 11.5 Å². The zero-order valence-corrected chi connectivity index (χ0v) is 16.2. The molecule has 5 nitrogen and oxygen atoms in total. The molecule has 3 aromatic carbocycles. The van der Waals surface area contributed by atoms with Crippen LogP contribution in [0.1, 0.15) is 13.8 Å². The number of anilines is 2. The van der Waals surface area contributed by atoms with Crippen molar-refractivity contribution in [3.05, 3.63) is 78.9 Å². The lowest BCUT2D eigenvalue weighted by atomic mass is 10.2. The Labute approximate surface area is 165 Å². The number of fused-ring (bicyclic) bond motifs is 1. The van der Waals surface area contributed by atoms with Gasteiger partial charge >= 0.3 is 0 Å². The molecule has 0 saturated heterocycles. The molecule has 0 aliphatic heterocycles. The van der Waals surface area contributed by atoms with Crippen molar-refractivity contribution in [2.24, 2.45) is 5.92 Å². The summed E-state index contributed by atoms with van der Waals surface area (Å²) >= 11 is 0. The normalized spacial score (nSPS) is 11.1. The number of ether oxygens (including phenoxy) is 1. The molecular formula is C23H24N4O. The van der Waals surface area contributed by atoms with Crippen molar-refractivity contribution in [1.82, 2.24) is 15.0 Å². The first-order valence-electron chi connectivity index (χ1n) is 9.54. The fraction of sp³-hybridized carbons (Fsp3) is 0.217. The SMILES string of the molecule is CC(C)COc1ccc(N(Cn2nnc3ccccc32)c2ccccc2)cc1. The summed E-state index contributed by atoms with van der Waals surface area (Å²) < 4.78 is 7.75. The zero-order chi connectivity index (χ0) is 19.3. The molecule has 4 rings (SSSR count). The molecule has 142 valence electrons. The second kappa shape index (κ2) is 8.13. The molecule has 5 heteroatoms. The van der Waals surface area contributed by atoms with Gasteiger partial charge in [-0.05, 0) is 54.4 Å². The summed E-state index contributed by atoms with van der Waals surface area (Å²) in [6.45, 7) is 5.57. The topological polar surface area (TPSA) is 43.2 Å². The van der Waals surface area contributed by atoms with Crippen LogP contribution in [0, 0.1) is 5.92 Å². The minimum atomic E-state index is 0.501. The Bertz CT molecular complexity index is 1030. The molecule has 0 amide bonds. The van der Waals surface area contributed by atoms with E-state index >= 15 is 0 Å². The summed E-state index contributed by atoms with van der Waals surface area (Å²) in [7, 11) is 0. The largest absolute Gasteiger partial charge is 0.493 e. The van der Waals surface area contributed by atoms with Crippen molar-refractivity contribution in [3.8, 4) is 5.75 Å². The van der Waals surface area contributed by atoms with Crippen LogP contribution in [0.4, 0.5) is 11.4 Å². The number of nitrogens with zero attached hydrogens (tertiary/aromatic N) is 4. The molecule has 1 aromatic heterocycles. The Morgan fingerprint density at radius 1 is 0.857 bits per heavy atom. The lowest BCUT2D eigenvalue weighted by Gasteiger charge is -2.25. The van der Waals surface area contributed by atoms with Gasteiger partial charge < -0.3 is 9.64 Å². The highest BCUT2D eigenvalue weighted by molar-refractivity contribution is 5.74. The highest BCUT2D eigenvalue weighted by atomic mass is 16.5. The molecule has 0 N–H and O–H groups in total. The average Bonchev–Trinajstić information content (AvgIpc) is 3.14. The monoisotopic (exact) mass is 372 g/mol. The van der Waals surface area contributed by atoms with Gasteiger partial charge in [0, 0.05) is 11.4 Å². The van der Waals surface area contributed by atoms with Crippen molar-refractivity contribution < 1.29 is 4.74 Å². The van der Waals surface area contributed by atoms with Crippen LogP contribution in [-0.4, -0.2) is 21.6 Å². The van der Waals surface area contributed by atoms with Crippen molar-refractivity contribution >= 4 is 22.4 Å². The van der Waals surface area contributed by atoms with E-state index in [1.165, 1.54) is 0 Å². The zero-order valence-electron chi connectivity index (χ0n) is 16.2. The van der Waals surface area contributed by atoms with E-state index in [1.807, 2.05) is 59.3 Å². The molecule has 0 aliphatic rings. The lowest BCUT2D eigenvalue weighted by Crippen LogP contribution is -2.22. The van der Waals surface area contributed by atoms with Gasteiger partial charge in [-0.15, -0.1) is 5.10 Å². The molecule has 0 aliphatic carbocycles. The average molecular weight is 372 g/mol. The highest BCUT2D eigenvalue weighted by Crippen LogP contribution is 2.28. The first-order chi connectivity index (χ1) is 13.7. The Hall–Kier alpha value is -3.34. The van der Waals surface area contributed by atoms with E-state index in [9.17, 15) is 0 Å². The minimum absolute atomic E-state index is 0.501. The summed E-state index contributed by atoms with van der Waals surface area (Å²) in [4.78, 5) is 2.22. The smallest absolute Gasteiger partial charge is 0.119 e. The lowest BCUT2D eigenvalue weighted by molar-refractivity contribution is 0.271. The Balaban J connectivity index is 1.64. The van der Waals surface area contributed by atoms with Crippen LogP contribution in [0.2, 0.25) is 0 Å². The van der Waals surface area contributed by atoms with Gasteiger partial charge in [0.2, 0.25) is 0 Å². The predicted octanol–water partition coefficient (Wildman–Crippen LogP) is 5.26. The summed E-state index contributed by atoms with van der Waals surface area (Å²) in [6, 6.07) is 26.5. The third-order valence-electron chi connectivity index (χ3n) is 4.50. The molecule has 0 spiro atoms. The number of rotatable bonds is 7. The van der Waals surface area contributed by atoms with E-state index in [0.717, 1.165) is 28.2 Å². The fourth-order valence-electron chi connectivity index (χ4n) is 3.06. The molecular weight excluding hydrogens is 348 g/mol.